The van der Waals surface area contributed by atoms with Crippen molar-refractivity contribution in [3.05, 3.63) is 40.3 Å². The minimum atomic E-state index is -0.0149. The van der Waals surface area contributed by atoms with Gasteiger partial charge in [-0.2, -0.15) is 0 Å². The molecule has 0 spiro atoms. The summed E-state index contributed by atoms with van der Waals surface area (Å²) in [5.41, 5.74) is 2.43. The van der Waals surface area contributed by atoms with Crippen LogP contribution in [0.4, 0.5) is 0 Å². The van der Waals surface area contributed by atoms with Crippen LogP contribution in [-0.2, 0) is 11.2 Å². The van der Waals surface area contributed by atoms with Crippen molar-refractivity contribution in [1.29, 1.82) is 0 Å². The summed E-state index contributed by atoms with van der Waals surface area (Å²) < 4.78 is 0. The lowest BCUT2D eigenvalue weighted by Crippen LogP contribution is -2.52. The molecule has 5 nitrogen and oxygen atoms in total. The molecule has 1 aromatic carbocycles. The summed E-state index contributed by atoms with van der Waals surface area (Å²) in [7, 11) is 0. The second-order valence-corrected chi connectivity index (χ2v) is 4.48. The van der Waals surface area contributed by atoms with Crippen molar-refractivity contribution in [1.82, 2.24) is 9.91 Å². The van der Waals surface area contributed by atoms with Gasteiger partial charge in [-0.15, -0.1) is 4.91 Å². The van der Waals surface area contributed by atoms with Crippen LogP contribution < -0.4 is 0 Å². The first kappa shape index (κ1) is 10.3. The van der Waals surface area contributed by atoms with E-state index < -0.39 is 0 Å². The van der Waals surface area contributed by atoms with Crippen molar-refractivity contribution in [3.8, 4) is 0 Å². The number of hydrogen-bond acceptors (Lipinski definition) is 3. The quantitative estimate of drug-likeness (QED) is 0.680. The van der Waals surface area contributed by atoms with Gasteiger partial charge in [0.05, 0.1) is 17.9 Å². The van der Waals surface area contributed by atoms with Gasteiger partial charge in [0.15, 0.2) is 0 Å². The number of nitroso groups, excluding NO2 is 1. The van der Waals surface area contributed by atoms with Gasteiger partial charge in [0.25, 0.3) is 0 Å². The summed E-state index contributed by atoms with van der Waals surface area (Å²) in [5.74, 6) is -0.00430. The molecule has 2 aliphatic rings. The fraction of sp³-hybridized carbons (Fsp3) is 0.417. The zero-order valence-electron chi connectivity index (χ0n) is 9.37. The lowest BCUT2D eigenvalue weighted by Gasteiger charge is -2.42. The number of nitrogens with zero attached hydrogens (tertiary/aromatic N) is 3. The lowest BCUT2D eigenvalue weighted by atomic mass is 9.91. The van der Waals surface area contributed by atoms with Gasteiger partial charge in [0.1, 0.15) is 6.54 Å². The Morgan fingerprint density at radius 3 is 2.94 bits per heavy atom. The Morgan fingerprint density at radius 1 is 1.29 bits per heavy atom. The number of rotatable bonds is 1. The van der Waals surface area contributed by atoms with Crippen LogP contribution in [0.15, 0.2) is 29.6 Å². The SMILES string of the molecule is O=NN1CC(=O)N2CCc3ccccc3C2C1. The number of hydrogen-bond donors (Lipinski definition) is 0. The Bertz CT molecular complexity index is 475. The normalized spacial score (nSPS) is 23.1. The number of carbonyl (C=O) groups is 1. The molecule has 0 radical (unpaired) electrons. The molecule has 17 heavy (non-hydrogen) atoms. The topological polar surface area (TPSA) is 53.0 Å². The molecule has 5 heteroatoms. The molecule has 0 N–H and O–H groups in total. The van der Waals surface area contributed by atoms with Crippen molar-refractivity contribution >= 4 is 5.91 Å². The Hall–Kier alpha value is -1.91. The number of piperazine rings is 1. The summed E-state index contributed by atoms with van der Waals surface area (Å²) in [4.78, 5) is 24.4. The van der Waals surface area contributed by atoms with Crippen molar-refractivity contribution < 1.29 is 4.79 Å². The van der Waals surface area contributed by atoms with Crippen LogP contribution in [0.1, 0.15) is 17.2 Å². The van der Waals surface area contributed by atoms with Crippen LogP contribution in [0.25, 0.3) is 0 Å². The van der Waals surface area contributed by atoms with E-state index in [1.807, 2.05) is 23.1 Å². The van der Waals surface area contributed by atoms with Gasteiger partial charge in [0.2, 0.25) is 5.91 Å². The molecule has 0 aliphatic carbocycles. The molecule has 2 heterocycles. The number of carbonyl (C=O) groups excluding carboxylic acids is 1. The Morgan fingerprint density at radius 2 is 2.12 bits per heavy atom. The summed E-state index contributed by atoms with van der Waals surface area (Å²) in [6.07, 6.45) is 0.896. The van der Waals surface area contributed by atoms with E-state index in [0.717, 1.165) is 18.5 Å². The minimum absolute atomic E-state index is 0.00430. The lowest BCUT2D eigenvalue weighted by molar-refractivity contribution is -0.140. The summed E-state index contributed by atoms with van der Waals surface area (Å²) in [6, 6.07) is 8.09. The highest BCUT2D eigenvalue weighted by Crippen LogP contribution is 2.32. The third kappa shape index (κ3) is 1.58. The number of amides is 1. The van der Waals surface area contributed by atoms with Gasteiger partial charge in [-0.05, 0) is 17.5 Å². The van der Waals surface area contributed by atoms with Crippen molar-refractivity contribution in [2.24, 2.45) is 5.29 Å². The molecule has 1 aromatic rings. The molecule has 1 saturated heterocycles. The predicted molar refractivity (Wildman–Crippen MR) is 62.0 cm³/mol. The second kappa shape index (κ2) is 3.84. The molecule has 0 saturated carbocycles. The van der Waals surface area contributed by atoms with Crippen LogP contribution in [0.3, 0.4) is 0 Å². The third-order valence-electron chi connectivity index (χ3n) is 3.55. The van der Waals surface area contributed by atoms with Crippen LogP contribution in [0, 0.1) is 4.91 Å². The van der Waals surface area contributed by atoms with E-state index in [1.54, 1.807) is 0 Å². The fourth-order valence-corrected chi connectivity index (χ4v) is 2.72. The molecule has 1 amide bonds. The predicted octanol–water partition coefficient (Wildman–Crippen LogP) is 1.11. The molecular weight excluding hydrogens is 218 g/mol. The maximum atomic E-state index is 11.9. The van der Waals surface area contributed by atoms with Gasteiger partial charge >= 0.3 is 0 Å². The van der Waals surface area contributed by atoms with Crippen LogP contribution in [-0.4, -0.2) is 35.5 Å². The monoisotopic (exact) mass is 231 g/mol. The average Bonchev–Trinajstić information content (AvgIpc) is 2.38. The molecular formula is C12H13N3O2. The van der Waals surface area contributed by atoms with E-state index in [-0.39, 0.29) is 18.5 Å². The third-order valence-corrected chi connectivity index (χ3v) is 3.55. The Kier molecular flexibility index (Phi) is 2.31. The highest BCUT2D eigenvalue weighted by Gasteiger charge is 2.36. The van der Waals surface area contributed by atoms with Gasteiger partial charge < -0.3 is 4.90 Å². The van der Waals surface area contributed by atoms with Crippen LogP contribution >= 0.6 is 0 Å². The van der Waals surface area contributed by atoms with Crippen molar-refractivity contribution in [2.75, 3.05) is 19.6 Å². The minimum Gasteiger partial charge on any atom is -0.332 e. The molecule has 3 rings (SSSR count). The van der Waals surface area contributed by atoms with E-state index in [4.69, 9.17) is 0 Å². The van der Waals surface area contributed by atoms with Gasteiger partial charge in [-0.25, -0.2) is 5.01 Å². The van der Waals surface area contributed by atoms with Crippen LogP contribution in [0.2, 0.25) is 0 Å². The van der Waals surface area contributed by atoms with Crippen molar-refractivity contribution in [2.45, 2.75) is 12.5 Å². The number of fused-ring (bicyclic) bond motifs is 3. The number of benzene rings is 1. The molecule has 0 bridgehead atoms. The first-order chi connectivity index (χ1) is 8.29. The molecule has 2 aliphatic heterocycles. The van der Waals surface area contributed by atoms with Gasteiger partial charge in [-0.3, -0.25) is 4.79 Å². The second-order valence-electron chi connectivity index (χ2n) is 4.48. The van der Waals surface area contributed by atoms with E-state index in [0.29, 0.717) is 6.54 Å². The summed E-state index contributed by atoms with van der Waals surface area (Å²) in [6.45, 7) is 1.36. The Labute approximate surface area is 99.0 Å². The van der Waals surface area contributed by atoms with Crippen LogP contribution in [0.5, 0.6) is 0 Å². The summed E-state index contributed by atoms with van der Waals surface area (Å²) in [5, 5.41) is 4.21. The standard InChI is InChI=1S/C12H13N3O2/c16-12-8-14(13-17)7-11-10-4-2-1-3-9(10)5-6-15(11)12/h1-4,11H,5-8H2. The van der Waals surface area contributed by atoms with E-state index in [9.17, 15) is 9.70 Å². The van der Waals surface area contributed by atoms with Gasteiger partial charge in [-0.1, -0.05) is 24.3 Å². The fourth-order valence-electron chi connectivity index (χ4n) is 2.72. The molecule has 0 aromatic heterocycles. The summed E-state index contributed by atoms with van der Waals surface area (Å²) >= 11 is 0. The highest BCUT2D eigenvalue weighted by molar-refractivity contribution is 5.80. The maximum absolute atomic E-state index is 11.9. The zero-order valence-corrected chi connectivity index (χ0v) is 9.37. The smallest absolute Gasteiger partial charge is 0.244 e. The van der Waals surface area contributed by atoms with Gasteiger partial charge in [0, 0.05) is 6.54 Å². The van der Waals surface area contributed by atoms with E-state index in [2.05, 4.69) is 11.4 Å². The van der Waals surface area contributed by atoms with E-state index in [1.165, 1.54) is 10.6 Å². The van der Waals surface area contributed by atoms with E-state index >= 15 is 0 Å². The maximum Gasteiger partial charge on any atom is 0.244 e. The first-order valence-corrected chi connectivity index (χ1v) is 5.75. The molecule has 1 fully saturated rings. The zero-order chi connectivity index (χ0) is 11.8. The average molecular weight is 231 g/mol. The van der Waals surface area contributed by atoms with Crippen molar-refractivity contribution in [3.63, 3.8) is 0 Å². The first-order valence-electron chi connectivity index (χ1n) is 5.75. The largest absolute Gasteiger partial charge is 0.332 e. The molecule has 88 valence electrons. The molecule has 1 atom stereocenters. The Balaban J connectivity index is 1.99. The highest BCUT2D eigenvalue weighted by atomic mass is 16.3. The molecule has 1 unspecified atom stereocenters.